The van der Waals surface area contributed by atoms with Crippen molar-refractivity contribution < 1.29 is 4.74 Å². The topological polar surface area (TPSA) is 52.0 Å². The van der Waals surface area contributed by atoms with Gasteiger partial charge in [-0.15, -0.1) is 11.3 Å². The molecule has 0 amide bonds. The second-order valence-electron chi connectivity index (χ2n) is 4.50. The first-order valence-corrected chi connectivity index (χ1v) is 7.70. The van der Waals surface area contributed by atoms with E-state index in [9.17, 15) is 0 Å². The lowest BCUT2D eigenvalue weighted by atomic mass is 10.1. The lowest BCUT2D eigenvalue weighted by Gasteiger charge is -2.17. The second kappa shape index (κ2) is 7.17. The van der Waals surface area contributed by atoms with Crippen molar-refractivity contribution in [1.29, 1.82) is 0 Å². The molecule has 2 aromatic rings. The molecule has 1 N–H and O–H groups in total. The van der Waals surface area contributed by atoms with E-state index in [1.165, 1.54) is 0 Å². The Labute approximate surface area is 127 Å². The third-order valence-corrected chi connectivity index (χ3v) is 4.21. The predicted molar refractivity (Wildman–Crippen MR) is 81.5 cm³/mol. The summed E-state index contributed by atoms with van der Waals surface area (Å²) in [6.07, 6.45) is 2.47. The summed E-state index contributed by atoms with van der Waals surface area (Å²) >= 11 is 7.95. The zero-order valence-electron chi connectivity index (χ0n) is 11.9. The summed E-state index contributed by atoms with van der Waals surface area (Å²) in [5.74, 6) is 0. The van der Waals surface area contributed by atoms with Crippen molar-refractivity contribution in [3.05, 3.63) is 33.0 Å². The van der Waals surface area contributed by atoms with Crippen molar-refractivity contribution in [3.8, 4) is 0 Å². The summed E-state index contributed by atoms with van der Waals surface area (Å²) < 4.78 is 7.01. The molecule has 2 aromatic heterocycles. The van der Waals surface area contributed by atoms with Crippen LogP contribution in [0.3, 0.4) is 0 Å². The van der Waals surface area contributed by atoms with Gasteiger partial charge in [0.2, 0.25) is 0 Å². The molecule has 0 saturated heterocycles. The Bertz CT molecular complexity index is 554. The molecule has 0 aromatic carbocycles. The van der Waals surface area contributed by atoms with Crippen LogP contribution < -0.4 is 5.32 Å². The number of rotatable bonds is 7. The van der Waals surface area contributed by atoms with E-state index >= 15 is 0 Å². The van der Waals surface area contributed by atoms with E-state index in [1.807, 2.05) is 18.7 Å². The maximum absolute atomic E-state index is 6.29. The number of hydrogen-bond donors (Lipinski definition) is 1. The monoisotopic (exact) mass is 314 g/mol. The predicted octanol–water partition coefficient (Wildman–Crippen LogP) is 2.45. The third-order valence-electron chi connectivity index (χ3n) is 3.10. The van der Waals surface area contributed by atoms with Gasteiger partial charge in [0.1, 0.15) is 0 Å². The Morgan fingerprint density at radius 3 is 2.95 bits per heavy atom. The van der Waals surface area contributed by atoms with Crippen LogP contribution in [0.4, 0.5) is 0 Å². The van der Waals surface area contributed by atoms with E-state index in [-0.39, 0.29) is 6.04 Å². The maximum atomic E-state index is 6.29. The number of aromatic nitrogens is 3. The Kier molecular flexibility index (Phi) is 5.54. The van der Waals surface area contributed by atoms with E-state index < -0.39 is 0 Å². The summed E-state index contributed by atoms with van der Waals surface area (Å²) in [4.78, 5) is 4.51. The first-order valence-electron chi connectivity index (χ1n) is 6.44. The maximum Gasteiger partial charge on any atom is 0.0897 e. The molecule has 0 aliphatic carbocycles. The van der Waals surface area contributed by atoms with Crippen molar-refractivity contribution in [2.75, 3.05) is 20.8 Å². The average Bonchev–Trinajstić information content (AvgIpc) is 3.00. The number of halogens is 1. The summed E-state index contributed by atoms with van der Waals surface area (Å²) in [6.45, 7) is 3.31. The summed E-state index contributed by atoms with van der Waals surface area (Å²) in [6, 6.07) is 0.0864. The quantitative estimate of drug-likeness (QED) is 0.853. The van der Waals surface area contributed by atoms with Crippen LogP contribution in [0.15, 0.2) is 11.6 Å². The first-order chi connectivity index (χ1) is 9.65. The van der Waals surface area contributed by atoms with E-state index in [1.54, 1.807) is 24.6 Å². The highest BCUT2D eigenvalue weighted by Gasteiger charge is 2.20. The van der Waals surface area contributed by atoms with Gasteiger partial charge >= 0.3 is 0 Å². The van der Waals surface area contributed by atoms with Gasteiger partial charge in [-0.25, -0.2) is 4.98 Å². The van der Waals surface area contributed by atoms with Gasteiger partial charge in [0.15, 0.2) is 0 Å². The number of nitrogens with one attached hydrogen (secondary N) is 1. The van der Waals surface area contributed by atoms with Gasteiger partial charge in [-0.3, -0.25) is 4.68 Å². The van der Waals surface area contributed by atoms with Gasteiger partial charge in [0, 0.05) is 18.9 Å². The SMILES string of the molecule is CNC(Cc1csc(C)n1)c1c(Cl)cnn1CCOC. The molecule has 1 atom stereocenters. The summed E-state index contributed by atoms with van der Waals surface area (Å²) in [5.41, 5.74) is 2.05. The third kappa shape index (κ3) is 3.58. The normalized spacial score (nSPS) is 12.8. The number of thiazole rings is 1. The number of hydrogen-bond acceptors (Lipinski definition) is 5. The van der Waals surface area contributed by atoms with E-state index in [4.69, 9.17) is 16.3 Å². The van der Waals surface area contributed by atoms with Crippen molar-refractivity contribution in [2.24, 2.45) is 0 Å². The molecule has 2 heterocycles. The van der Waals surface area contributed by atoms with Gasteiger partial charge < -0.3 is 10.1 Å². The minimum absolute atomic E-state index is 0.0864. The number of ether oxygens (including phenoxy) is 1. The molecule has 0 spiro atoms. The summed E-state index contributed by atoms with van der Waals surface area (Å²) in [5, 5.41) is 11.5. The molecule has 0 bridgehead atoms. The molecule has 0 aliphatic heterocycles. The molecule has 110 valence electrons. The molecular formula is C13H19ClN4OS. The van der Waals surface area contributed by atoms with Crippen molar-refractivity contribution >= 4 is 22.9 Å². The van der Waals surface area contributed by atoms with E-state index in [2.05, 4.69) is 20.8 Å². The van der Waals surface area contributed by atoms with Crippen molar-refractivity contribution in [3.63, 3.8) is 0 Å². The fourth-order valence-electron chi connectivity index (χ4n) is 2.12. The molecule has 0 saturated carbocycles. The van der Waals surface area contributed by atoms with E-state index in [0.717, 1.165) is 22.8 Å². The highest BCUT2D eigenvalue weighted by Crippen LogP contribution is 2.26. The van der Waals surface area contributed by atoms with Crippen LogP contribution in [-0.2, 0) is 17.7 Å². The second-order valence-corrected chi connectivity index (χ2v) is 5.97. The van der Waals surface area contributed by atoms with Gasteiger partial charge in [-0.2, -0.15) is 5.10 Å². The number of likely N-dealkylation sites (N-methyl/N-ethyl adjacent to an activating group) is 1. The lowest BCUT2D eigenvalue weighted by molar-refractivity contribution is 0.181. The fourth-order valence-corrected chi connectivity index (χ4v) is 3.02. The van der Waals surface area contributed by atoms with Crippen LogP contribution in [0.5, 0.6) is 0 Å². The lowest BCUT2D eigenvalue weighted by Crippen LogP contribution is -2.24. The van der Waals surface area contributed by atoms with Gasteiger partial charge in [0.25, 0.3) is 0 Å². The van der Waals surface area contributed by atoms with Gasteiger partial charge in [-0.05, 0) is 14.0 Å². The molecule has 0 fully saturated rings. The molecule has 20 heavy (non-hydrogen) atoms. The Morgan fingerprint density at radius 1 is 1.55 bits per heavy atom. The Balaban J connectivity index is 2.20. The van der Waals surface area contributed by atoms with Crippen molar-refractivity contribution in [2.45, 2.75) is 25.9 Å². The zero-order chi connectivity index (χ0) is 14.5. The molecule has 2 rings (SSSR count). The molecule has 7 heteroatoms. The standard InChI is InChI=1S/C13H19ClN4OS/c1-9-17-10(8-20-9)6-12(15-2)13-11(14)7-16-18(13)4-5-19-3/h7-8,12,15H,4-6H2,1-3H3. The van der Waals surface area contributed by atoms with Crippen LogP contribution in [0.25, 0.3) is 0 Å². The zero-order valence-corrected chi connectivity index (χ0v) is 13.5. The highest BCUT2D eigenvalue weighted by atomic mass is 35.5. The average molecular weight is 315 g/mol. The van der Waals surface area contributed by atoms with Gasteiger partial charge in [-0.1, -0.05) is 11.6 Å². The fraction of sp³-hybridized carbons (Fsp3) is 0.538. The molecule has 1 unspecified atom stereocenters. The largest absolute Gasteiger partial charge is 0.383 e. The van der Waals surface area contributed by atoms with Crippen LogP contribution in [-0.4, -0.2) is 35.5 Å². The van der Waals surface area contributed by atoms with Crippen LogP contribution >= 0.6 is 22.9 Å². The smallest absolute Gasteiger partial charge is 0.0897 e. The van der Waals surface area contributed by atoms with Gasteiger partial charge in [0.05, 0.1) is 46.8 Å². The molecule has 0 radical (unpaired) electrons. The number of aryl methyl sites for hydroxylation is 1. The summed E-state index contributed by atoms with van der Waals surface area (Å²) in [7, 11) is 3.60. The Hall–Kier alpha value is -0.950. The molecular weight excluding hydrogens is 296 g/mol. The Morgan fingerprint density at radius 2 is 2.35 bits per heavy atom. The van der Waals surface area contributed by atoms with Crippen molar-refractivity contribution in [1.82, 2.24) is 20.1 Å². The molecule has 0 aliphatic rings. The number of methoxy groups -OCH3 is 1. The minimum atomic E-state index is 0.0864. The van der Waals surface area contributed by atoms with Crippen LogP contribution in [0.2, 0.25) is 5.02 Å². The van der Waals surface area contributed by atoms with Crippen LogP contribution in [0, 0.1) is 6.92 Å². The first kappa shape index (κ1) is 15.4. The minimum Gasteiger partial charge on any atom is -0.383 e. The molecule has 5 nitrogen and oxygen atoms in total. The van der Waals surface area contributed by atoms with E-state index in [0.29, 0.717) is 18.2 Å². The van der Waals surface area contributed by atoms with Crippen LogP contribution in [0.1, 0.15) is 22.4 Å². The number of nitrogens with zero attached hydrogens (tertiary/aromatic N) is 3. The highest BCUT2D eigenvalue weighted by molar-refractivity contribution is 7.09.